The van der Waals surface area contributed by atoms with E-state index in [9.17, 15) is 27.2 Å². The molecular weight excluding hydrogens is 480 g/mol. The molecule has 3 amide bonds. The summed E-state index contributed by atoms with van der Waals surface area (Å²) in [7, 11) is -3.86. The van der Waals surface area contributed by atoms with Gasteiger partial charge in [0, 0.05) is 31.6 Å². The first-order chi connectivity index (χ1) is 16.6. The van der Waals surface area contributed by atoms with Crippen molar-refractivity contribution >= 4 is 27.7 Å². The molecule has 3 heterocycles. The van der Waals surface area contributed by atoms with Crippen molar-refractivity contribution in [3.8, 4) is 0 Å². The molecule has 2 saturated heterocycles. The first-order valence-corrected chi connectivity index (χ1v) is 12.8. The molecule has 3 aliphatic rings. The number of hydrogen-bond acceptors (Lipinski definition) is 5. The maximum Gasteiger partial charge on any atom is 0.255 e. The van der Waals surface area contributed by atoms with Crippen molar-refractivity contribution in [2.24, 2.45) is 0 Å². The lowest BCUT2D eigenvalue weighted by Gasteiger charge is -2.31. The fraction of sp³-hybridized carbons (Fsp3) is 0.375. The lowest BCUT2D eigenvalue weighted by Crippen LogP contribution is -2.52. The van der Waals surface area contributed by atoms with Crippen LogP contribution in [0.2, 0.25) is 0 Å². The Morgan fingerprint density at radius 3 is 2.40 bits per heavy atom. The van der Waals surface area contributed by atoms with Gasteiger partial charge in [-0.3, -0.25) is 19.7 Å². The molecule has 1 atom stereocenters. The van der Waals surface area contributed by atoms with Crippen LogP contribution in [0.5, 0.6) is 0 Å². The van der Waals surface area contributed by atoms with Gasteiger partial charge in [0.15, 0.2) is 0 Å². The lowest BCUT2D eigenvalue weighted by atomic mass is 9.88. The number of fused-ring (bicyclic) bond motifs is 1. The van der Waals surface area contributed by atoms with Gasteiger partial charge < -0.3 is 4.90 Å². The first kappa shape index (κ1) is 23.6. The predicted octanol–water partition coefficient (Wildman–Crippen LogP) is 2.29. The Labute approximate surface area is 200 Å². The number of rotatable bonds is 4. The summed E-state index contributed by atoms with van der Waals surface area (Å²) in [6, 6.07) is 6.88. The van der Waals surface area contributed by atoms with Gasteiger partial charge in [0.05, 0.1) is 4.90 Å². The number of sulfonamides is 1. The Morgan fingerprint density at radius 1 is 0.971 bits per heavy atom. The third kappa shape index (κ3) is 4.23. The van der Waals surface area contributed by atoms with Crippen molar-refractivity contribution in [2.75, 3.05) is 13.1 Å². The molecule has 0 radical (unpaired) electrons. The Bertz CT molecular complexity index is 1340. The summed E-state index contributed by atoms with van der Waals surface area (Å²) < 4.78 is 55.6. The zero-order chi connectivity index (χ0) is 24.9. The van der Waals surface area contributed by atoms with Crippen LogP contribution in [0.4, 0.5) is 8.78 Å². The highest BCUT2D eigenvalue weighted by Gasteiger charge is 2.40. The molecule has 0 aliphatic carbocycles. The number of halogens is 2. The van der Waals surface area contributed by atoms with Gasteiger partial charge in [-0.05, 0) is 60.6 Å². The molecule has 0 bridgehead atoms. The topological polar surface area (TPSA) is 104 Å². The first-order valence-electron chi connectivity index (χ1n) is 11.4. The van der Waals surface area contributed by atoms with Crippen LogP contribution >= 0.6 is 0 Å². The minimum atomic E-state index is -3.86. The van der Waals surface area contributed by atoms with Crippen LogP contribution in [-0.4, -0.2) is 54.5 Å². The van der Waals surface area contributed by atoms with Gasteiger partial charge in [-0.15, -0.1) is 0 Å². The number of imide groups is 1. The summed E-state index contributed by atoms with van der Waals surface area (Å²) >= 11 is 0. The molecule has 184 valence electrons. The zero-order valence-electron chi connectivity index (χ0n) is 18.7. The fourth-order valence-corrected chi connectivity index (χ4v) is 6.61. The molecule has 0 aromatic heterocycles. The van der Waals surface area contributed by atoms with Crippen molar-refractivity contribution in [2.45, 2.75) is 49.1 Å². The summed E-state index contributed by atoms with van der Waals surface area (Å²) in [5, 5.41) is 2.24. The number of piperidine rings is 2. The van der Waals surface area contributed by atoms with Gasteiger partial charge >= 0.3 is 0 Å². The minimum Gasteiger partial charge on any atom is -0.322 e. The second kappa shape index (κ2) is 8.80. The molecule has 11 heteroatoms. The van der Waals surface area contributed by atoms with Crippen LogP contribution < -0.4 is 5.32 Å². The third-order valence-electron chi connectivity index (χ3n) is 6.97. The minimum absolute atomic E-state index is 0.119. The molecule has 35 heavy (non-hydrogen) atoms. The van der Waals surface area contributed by atoms with Crippen LogP contribution in [0.25, 0.3) is 0 Å². The second-order valence-electron chi connectivity index (χ2n) is 9.07. The van der Waals surface area contributed by atoms with E-state index in [2.05, 4.69) is 5.32 Å². The van der Waals surface area contributed by atoms with Crippen LogP contribution in [-0.2, 0) is 26.2 Å². The van der Waals surface area contributed by atoms with E-state index in [0.717, 1.165) is 6.07 Å². The highest BCUT2D eigenvalue weighted by Crippen LogP contribution is 2.36. The van der Waals surface area contributed by atoms with E-state index in [4.69, 9.17) is 0 Å². The molecule has 2 aromatic rings. The molecule has 5 rings (SSSR count). The molecule has 2 aromatic carbocycles. The highest BCUT2D eigenvalue weighted by atomic mass is 32.2. The maximum absolute atomic E-state index is 15.1. The van der Waals surface area contributed by atoms with E-state index in [-0.39, 0.29) is 54.8 Å². The Kier molecular flexibility index (Phi) is 5.92. The summed E-state index contributed by atoms with van der Waals surface area (Å²) in [4.78, 5) is 37.8. The number of carbonyl (C=O) groups is 3. The van der Waals surface area contributed by atoms with Crippen molar-refractivity contribution in [1.82, 2.24) is 14.5 Å². The molecule has 2 fully saturated rings. The predicted molar refractivity (Wildman–Crippen MR) is 120 cm³/mol. The van der Waals surface area contributed by atoms with E-state index < -0.39 is 39.5 Å². The Hall–Kier alpha value is -3.18. The Balaban J connectivity index is 1.31. The van der Waals surface area contributed by atoms with Gasteiger partial charge in [0.2, 0.25) is 21.8 Å². The Morgan fingerprint density at radius 2 is 1.71 bits per heavy atom. The smallest absolute Gasteiger partial charge is 0.255 e. The quantitative estimate of drug-likeness (QED) is 0.645. The van der Waals surface area contributed by atoms with Crippen molar-refractivity contribution in [3.63, 3.8) is 0 Å². The standard InChI is InChI=1S/C24H23F2N3O5S/c25-16-2-1-3-17(11-16)35(33,34)28-8-6-14(7-9-28)18-10-15-13-29(24(32)19(15)12-20(18)26)21-4-5-22(30)27-23(21)31/h1-3,10-12,14,21H,4-9,13H2,(H,27,30,31). The second-order valence-corrected chi connectivity index (χ2v) is 11.0. The van der Waals surface area contributed by atoms with Crippen molar-refractivity contribution < 1.29 is 31.6 Å². The van der Waals surface area contributed by atoms with Gasteiger partial charge in [-0.2, -0.15) is 4.31 Å². The summed E-state index contributed by atoms with van der Waals surface area (Å²) in [5.41, 5.74) is 1.21. The molecule has 0 saturated carbocycles. The van der Waals surface area contributed by atoms with Crippen molar-refractivity contribution in [3.05, 3.63) is 64.7 Å². The van der Waals surface area contributed by atoms with E-state index >= 15 is 4.39 Å². The molecule has 0 spiro atoms. The summed E-state index contributed by atoms with van der Waals surface area (Å²) in [6.45, 7) is 0.448. The van der Waals surface area contributed by atoms with E-state index in [1.54, 1.807) is 6.07 Å². The van der Waals surface area contributed by atoms with Crippen molar-refractivity contribution in [1.29, 1.82) is 0 Å². The SMILES string of the molecule is O=C1CCC(N2Cc3cc(C4CCN(S(=O)(=O)c5cccc(F)c5)CC4)c(F)cc3C2=O)C(=O)N1. The van der Waals surface area contributed by atoms with Gasteiger partial charge in [0.25, 0.3) is 5.91 Å². The van der Waals surface area contributed by atoms with Crippen LogP contribution in [0.1, 0.15) is 53.1 Å². The highest BCUT2D eigenvalue weighted by molar-refractivity contribution is 7.89. The van der Waals surface area contributed by atoms with Gasteiger partial charge in [-0.25, -0.2) is 17.2 Å². The van der Waals surface area contributed by atoms with E-state index in [0.29, 0.717) is 24.0 Å². The molecule has 8 nitrogen and oxygen atoms in total. The number of benzene rings is 2. The summed E-state index contributed by atoms with van der Waals surface area (Å²) in [5.74, 6) is -2.80. The normalized spacial score (nSPS) is 21.8. The molecular formula is C24H23F2N3O5S. The zero-order valence-corrected chi connectivity index (χ0v) is 19.5. The maximum atomic E-state index is 15.1. The summed E-state index contributed by atoms with van der Waals surface area (Å²) in [6.07, 6.45) is 1.09. The lowest BCUT2D eigenvalue weighted by molar-refractivity contribution is -0.136. The number of nitrogens with one attached hydrogen (secondary N) is 1. The molecule has 3 aliphatic heterocycles. The molecule has 1 N–H and O–H groups in total. The number of hydrogen-bond donors (Lipinski definition) is 1. The van der Waals surface area contributed by atoms with Gasteiger partial charge in [-0.1, -0.05) is 12.1 Å². The van der Waals surface area contributed by atoms with Crippen LogP contribution in [0.3, 0.4) is 0 Å². The van der Waals surface area contributed by atoms with E-state index in [1.165, 1.54) is 33.5 Å². The fourth-order valence-electron chi connectivity index (χ4n) is 5.10. The van der Waals surface area contributed by atoms with E-state index in [1.807, 2.05) is 0 Å². The largest absolute Gasteiger partial charge is 0.322 e. The third-order valence-corrected chi connectivity index (χ3v) is 8.86. The average molecular weight is 504 g/mol. The number of amides is 3. The van der Waals surface area contributed by atoms with Gasteiger partial charge in [0.1, 0.15) is 17.7 Å². The van der Waals surface area contributed by atoms with Crippen LogP contribution in [0.15, 0.2) is 41.3 Å². The average Bonchev–Trinajstić information content (AvgIpc) is 3.14. The number of nitrogens with zero attached hydrogens (tertiary/aromatic N) is 2. The monoisotopic (exact) mass is 503 g/mol. The number of carbonyl (C=O) groups excluding carboxylic acids is 3. The molecule has 1 unspecified atom stereocenters. The van der Waals surface area contributed by atoms with Crippen LogP contribution in [0, 0.1) is 11.6 Å².